The number of nitrogens with one attached hydrogen (secondary N) is 1. The monoisotopic (exact) mass is 466 g/mol. The van der Waals surface area contributed by atoms with E-state index in [1.165, 1.54) is 27.3 Å². The van der Waals surface area contributed by atoms with Gasteiger partial charge in [-0.25, -0.2) is 8.42 Å². The molecule has 2 aromatic rings. The van der Waals surface area contributed by atoms with Crippen molar-refractivity contribution in [3.05, 3.63) is 47.5 Å². The molecule has 2 N–H and O–H groups in total. The Morgan fingerprint density at radius 3 is 2.28 bits per heavy atom. The summed E-state index contributed by atoms with van der Waals surface area (Å²) in [6, 6.07) is 9.94. The van der Waals surface area contributed by atoms with E-state index in [4.69, 9.17) is 14.2 Å². The lowest BCUT2D eigenvalue weighted by Crippen LogP contribution is -2.42. The minimum absolute atomic E-state index is 0.117. The predicted octanol–water partition coefficient (Wildman–Crippen LogP) is 1.50. The second-order valence-corrected chi connectivity index (χ2v) is 9.31. The van der Waals surface area contributed by atoms with Crippen LogP contribution in [0.5, 0.6) is 17.2 Å². The summed E-state index contributed by atoms with van der Waals surface area (Å²) in [6.45, 7) is 3.08. The highest BCUT2D eigenvalue weighted by atomic mass is 32.2. The molecule has 0 saturated carbocycles. The van der Waals surface area contributed by atoms with Crippen molar-refractivity contribution in [2.75, 3.05) is 41.0 Å². The molecule has 0 heterocycles. The largest absolute Gasteiger partial charge is 0.493 e. The topological polar surface area (TPSA) is 114 Å². The zero-order chi connectivity index (χ0) is 23.9. The summed E-state index contributed by atoms with van der Waals surface area (Å²) < 4.78 is 42.4. The molecule has 9 nitrogen and oxygen atoms in total. The van der Waals surface area contributed by atoms with Crippen molar-refractivity contribution in [3.63, 3.8) is 0 Å². The number of aryl methyl sites for hydroxylation is 2. The number of carbonyl (C=O) groups is 1. The van der Waals surface area contributed by atoms with Gasteiger partial charge < -0.3 is 24.6 Å². The summed E-state index contributed by atoms with van der Waals surface area (Å²) in [4.78, 5) is 12.3. The molecule has 32 heavy (non-hydrogen) atoms. The molecule has 176 valence electrons. The molecule has 0 aliphatic heterocycles. The maximum absolute atomic E-state index is 12.7. The summed E-state index contributed by atoms with van der Waals surface area (Å²) >= 11 is 0. The molecule has 0 aliphatic rings. The standard InChI is InChI=1S/C22H30N2O7S/c1-15-9-10-18(11-16(15)2)32(27,28)24(3)13-21(26)23-12-17(25)14-31-22-19(29-4)7-6-8-20(22)30-5/h6-11,17,25H,12-14H2,1-5H3,(H,23,26). The van der Waals surface area contributed by atoms with E-state index in [0.29, 0.717) is 17.2 Å². The first-order chi connectivity index (χ1) is 15.1. The average molecular weight is 467 g/mol. The first kappa shape index (κ1) is 25.4. The summed E-state index contributed by atoms with van der Waals surface area (Å²) in [5.74, 6) is 0.674. The van der Waals surface area contributed by atoms with Crippen LogP contribution in [0.25, 0.3) is 0 Å². The van der Waals surface area contributed by atoms with Gasteiger partial charge in [0, 0.05) is 13.6 Å². The van der Waals surface area contributed by atoms with Gasteiger partial charge >= 0.3 is 0 Å². The highest BCUT2D eigenvalue weighted by Gasteiger charge is 2.23. The molecule has 0 radical (unpaired) electrons. The van der Waals surface area contributed by atoms with Crippen LogP contribution in [0, 0.1) is 13.8 Å². The van der Waals surface area contributed by atoms with Crippen molar-refractivity contribution in [1.82, 2.24) is 9.62 Å². The van der Waals surface area contributed by atoms with Gasteiger partial charge in [0.2, 0.25) is 21.7 Å². The Morgan fingerprint density at radius 1 is 1.09 bits per heavy atom. The second kappa shape index (κ2) is 11.2. The Kier molecular flexibility index (Phi) is 8.88. The van der Waals surface area contributed by atoms with Crippen LogP contribution in [0.2, 0.25) is 0 Å². The summed E-state index contributed by atoms with van der Waals surface area (Å²) in [5, 5.41) is 12.7. The minimum atomic E-state index is -3.82. The molecule has 1 unspecified atom stereocenters. The fraction of sp³-hybridized carbons (Fsp3) is 0.409. The molecule has 0 bridgehead atoms. The van der Waals surface area contributed by atoms with Crippen molar-refractivity contribution in [1.29, 1.82) is 0 Å². The van der Waals surface area contributed by atoms with Gasteiger partial charge in [-0.1, -0.05) is 12.1 Å². The number of likely N-dealkylation sites (N-methyl/N-ethyl adjacent to an activating group) is 1. The summed E-state index contributed by atoms with van der Waals surface area (Å²) in [6.07, 6.45) is -1.03. The fourth-order valence-corrected chi connectivity index (χ4v) is 4.04. The van der Waals surface area contributed by atoms with Gasteiger partial charge in [-0.3, -0.25) is 4.79 Å². The highest BCUT2D eigenvalue weighted by Crippen LogP contribution is 2.36. The first-order valence-electron chi connectivity index (χ1n) is 9.92. The van der Waals surface area contributed by atoms with Crippen LogP contribution in [0.15, 0.2) is 41.3 Å². The van der Waals surface area contributed by atoms with Crippen LogP contribution in [-0.4, -0.2) is 70.8 Å². The molecule has 0 aliphatic carbocycles. The molecule has 0 aromatic heterocycles. The van der Waals surface area contributed by atoms with Crippen molar-refractivity contribution >= 4 is 15.9 Å². The molecule has 1 atom stereocenters. The second-order valence-electron chi connectivity index (χ2n) is 7.27. The maximum Gasteiger partial charge on any atom is 0.243 e. The van der Waals surface area contributed by atoms with Crippen LogP contribution in [0.3, 0.4) is 0 Å². The van der Waals surface area contributed by atoms with E-state index in [1.54, 1.807) is 30.3 Å². The number of rotatable bonds is 11. The lowest BCUT2D eigenvalue weighted by molar-refractivity contribution is -0.121. The van der Waals surface area contributed by atoms with Crippen molar-refractivity contribution in [2.45, 2.75) is 24.8 Å². The first-order valence-corrected chi connectivity index (χ1v) is 11.4. The smallest absolute Gasteiger partial charge is 0.243 e. The van der Waals surface area contributed by atoms with E-state index in [2.05, 4.69) is 5.32 Å². The number of ether oxygens (including phenoxy) is 3. The zero-order valence-corrected chi connectivity index (χ0v) is 19.7. The summed E-state index contributed by atoms with van der Waals surface area (Å²) in [5.41, 5.74) is 1.82. The van der Waals surface area contributed by atoms with Gasteiger partial charge in [0.1, 0.15) is 12.7 Å². The van der Waals surface area contributed by atoms with Gasteiger partial charge in [0.15, 0.2) is 11.5 Å². The molecule has 2 aromatic carbocycles. The number of benzene rings is 2. The molecular formula is C22H30N2O7S. The number of para-hydroxylation sites is 1. The number of hydrogen-bond donors (Lipinski definition) is 2. The number of nitrogens with zero attached hydrogens (tertiary/aromatic N) is 1. The molecule has 10 heteroatoms. The van der Waals surface area contributed by atoms with E-state index in [1.807, 2.05) is 13.8 Å². The number of sulfonamides is 1. The average Bonchev–Trinajstić information content (AvgIpc) is 2.77. The van der Waals surface area contributed by atoms with Crippen molar-refractivity contribution < 1.29 is 32.5 Å². The van der Waals surface area contributed by atoms with E-state index in [-0.39, 0.29) is 24.6 Å². The Balaban J connectivity index is 1.89. The Labute approximate surface area is 189 Å². The van der Waals surface area contributed by atoms with Gasteiger partial charge in [0.25, 0.3) is 0 Å². The highest BCUT2D eigenvalue weighted by molar-refractivity contribution is 7.89. The van der Waals surface area contributed by atoms with Gasteiger partial charge in [-0.2, -0.15) is 4.31 Å². The fourth-order valence-electron chi connectivity index (χ4n) is 2.83. The number of methoxy groups -OCH3 is 2. The third-order valence-corrected chi connectivity index (χ3v) is 6.69. The SMILES string of the molecule is COc1cccc(OC)c1OCC(O)CNC(=O)CN(C)S(=O)(=O)c1ccc(C)c(C)c1. The predicted molar refractivity (Wildman–Crippen MR) is 120 cm³/mol. The van der Waals surface area contributed by atoms with E-state index < -0.39 is 22.0 Å². The maximum atomic E-state index is 12.7. The van der Waals surface area contributed by atoms with E-state index in [0.717, 1.165) is 15.4 Å². The molecule has 1 amide bonds. The molecule has 0 fully saturated rings. The lowest BCUT2D eigenvalue weighted by atomic mass is 10.1. The lowest BCUT2D eigenvalue weighted by Gasteiger charge is -2.19. The molecule has 2 rings (SSSR count). The number of aliphatic hydroxyl groups is 1. The summed E-state index contributed by atoms with van der Waals surface area (Å²) in [7, 11) is 0.489. The number of hydrogen-bond acceptors (Lipinski definition) is 7. The Morgan fingerprint density at radius 2 is 1.72 bits per heavy atom. The minimum Gasteiger partial charge on any atom is -0.493 e. The van der Waals surface area contributed by atoms with Gasteiger partial charge in [0.05, 0.1) is 25.7 Å². The van der Waals surface area contributed by atoms with Crippen molar-refractivity contribution in [2.24, 2.45) is 0 Å². The molecule has 0 saturated heterocycles. The van der Waals surface area contributed by atoms with Crippen LogP contribution in [0.4, 0.5) is 0 Å². The normalized spacial score (nSPS) is 12.3. The van der Waals surface area contributed by atoms with E-state index >= 15 is 0 Å². The van der Waals surface area contributed by atoms with Crippen LogP contribution >= 0.6 is 0 Å². The van der Waals surface area contributed by atoms with Gasteiger partial charge in [-0.15, -0.1) is 0 Å². The third-order valence-electron chi connectivity index (χ3n) is 4.89. The Bertz CT molecular complexity index is 1020. The van der Waals surface area contributed by atoms with Crippen LogP contribution in [0.1, 0.15) is 11.1 Å². The van der Waals surface area contributed by atoms with E-state index in [9.17, 15) is 18.3 Å². The molecule has 0 spiro atoms. The number of carbonyl (C=O) groups excluding carboxylic acids is 1. The molecular weight excluding hydrogens is 436 g/mol. The third kappa shape index (κ3) is 6.35. The van der Waals surface area contributed by atoms with Crippen LogP contribution in [-0.2, 0) is 14.8 Å². The van der Waals surface area contributed by atoms with Crippen LogP contribution < -0.4 is 19.5 Å². The number of amides is 1. The Hall–Kier alpha value is -2.82. The number of aliphatic hydroxyl groups excluding tert-OH is 1. The van der Waals surface area contributed by atoms with Crippen molar-refractivity contribution in [3.8, 4) is 17.2 Å². The quantitative estimate of drug-likeness (QED) is 0.516. The van der Waals surface area contributed by atoms with Gasteiger partial charge in [-0.05, 0) is 49.2 Å². The zero-order valence-electron chi connectivity index (χ0n) is 18.9.